The summed E-state index contributed by atoms with van der Waals surface area (Å²) in [5, 5.41) is 3.04. The number of rotatable bonds is 0. The molecule has 0 amide bonds. The van der Waals surface area contributed by atoms with Gasteiger partial charge in [-0.3, -0.25) is 0 Å². The zero-order valence-electron chi connectivity index (χ0n) is 4.10. The Morgan fingerprint density at radius 3 is 1.38 bits per heavy atom. The molecule has 0 aliphatic carbocycles. The first-order chi connectivity index (χ1) is 4.00. The standard InChI is InChI=1S/C4H4P4/c1-2-4-5(1)7-3(1)6(2)8(4)7/h1-4H. The van der Waals surface area contributed by atoms with Gasteiger partial charge in [-0.1, -0.05) is 15.2 Å². The van der Waals surface area contributed by atoms with Crippen LogP contribution in [0.5, 0.6) is 0 Å². The van der Waals surface area contributed by atoms with E-state index in [0.29, 0.717) is 0 Å². The van der Waals surface area contributed by atoms with Gasteiger partial charge >= 0.3 is 0 Å². The van der Waals surface area contributed by atoms with E-state index in [0.717, 1.165) is 29.8 Å². The minimum absolute atomic E-state index is 0.887. The van der Waals surface area contributed by atoms with Crippen LogP contribution in [0.1, 0.15) is 0 Å². The monoisotopic (exact) mass is 176 g/mol. The number of hydrogen-bond acceptors (Lipinski definition) is 0. The Balaban J connectivity index is 2.00. The van der Waals surface area contributed by atoms with Gasteiger partial charge in [0, 0.05) is 22.1 Å². The van der Waals surface area contributed by atoms with Crippen LogP contribution in [-0.2, 0) is 0 Å². The maximum absolute atomic E-state index is 1.52. The second-order valence-corrected chi connectivity index (χ2v) is 20.1. The van der Waals surface area contributed by atoms with Crippen molar-refractivity contribution >= 4 is 29.8 Å². The fraction of sp³-hybridized carbons (Fsp3) is 1.00. The number of hydrogen-bond donors (Lipinski definition) is 0. The molecular formula is C4H4P4. The van der Waals surface area contributed by atoms with Gasteiger partial charge in [0.1, 0.15) is 0 Å². The highest BCUT2D eigenvalue weighted by Gasteiger charge is 2.98. The third-order valence-electron chi connectivity index (χ3n) is 3.27. The zero-order chi connectivity index (χ0) is 4.62. The summed E-state index contributed by atoms with van der Waals surface area (Å²) >= 11 is 0. The van der Waals surface area contributed by atoms with Gasteiger partial charge in [0.15, 0.2) is 0 Å². The van der Waals surface area contributed by atoms with Gasteiger partial charge < -0.3 is 0 Å². The summed E-state index contributed by atoms with van der Waals surface area (Å²) in [6.45, 7) is 0. The van der Waals surface area contributed by atoms with E-state index >= 15 is 0 Å². The third-order valence-corrected chi connectivity index (χ3v) is 36.4. The average Bonchev–Trinajstić information content (AvgIpc) is 1.90. The summed E-state index contributed by atoms with van der Waals surface area (Å²) in [7, 11) is 3.64. The smallest absolute Gasteiger partial charge is 0.0197 e. The average molecular weight is 176 g/mol. The molecule has 6 aliphatic rings. The van der Waals surface area contributed by atoms with Gasteiger partial charge in [-0.2, -0.15) is 0 Å². The van der Waals surface area contributed by atoms with E-state index < -0.39 is 0 Å². The van der Waals surface area contributed by atoms with Crippen LogP contribution in [0.2, 0.25) is 0 Å². The van der Waals surface area contributed by atoms with E-state index in [9.17, 15) is 0 Å². The van der Waals surface area contributed by atoms with Crippen LogP contribution in [0.25, 0.3) is 0 Å². The predicted molar refractivity (Wildman–Crippen MR) is 42.8 cm³/mol. The zero-order valence-corrected chi connectivity index (χ0v) is 7.68. The molecule has 0 aromatic rings. The van der Waals surface area contributed by atoms with Gasteiger partial charge in [0.05, 0.1) is 0 Å². The van der Waals surface area contributed by atoms with Crippen molar-refractivity contribution in [2.24, 2.45) is 0 Å². The van der Waals surface area contributed by atoms with Gasteiger partial charge in [-0.25, -0.2) is 0 Å². The Kier molecular flexibility index (Phi) is 0.386. The fourth-order valence-corrected chi connectivity index (χ4v) is 51.2. The molecule has 0 radical (unpaired) electrons. The summed E-state index contributed by atoms with van der Waals surface area (Å²) in [6, 6.07) is 0. The molecule has 6 rings (SSSR count). The first-order valence-electron chi connectivity index (χ1n) is 3.15. The quantitative estimate of drug-likeness (QED) is 0.497. The molecule has 40 valence electrons. The molecule has 6 fully saturated rings. The fourth-order valence-electron chi connectivity index (χ4n) is 2.89. The van der Waals surface area contributed by atoms with Gasteiger partial charge in [0.2, 0.25) is 0 Å². The van der Waals surface area contributed by atoms with Gasteiger partial charge in [-0.05, 0) is 14.6 Å². The molecule has 0 spiro atoms. The van der Waals surface area contributed by atoms with E-state index in [4.69, 9.17) is 0 Å². The summed E-state index contributed by atoms with van der Waals surface area (Å²) in [5.41, 5.74) is 2.94. The maximum Gasteiger partial charge on any atom is 0.0197 e. The second kappa shape index (κ2) is 0.786. The van der Waals surface area contributed by atoms with E-state index in [1.165, 1.54) is 22.1 Å². The molecule has 0 nitrogen and oxygen atoms in total. The van der Waals surface area contributed by atoms with E-state index in [-0.39, 0.29) is 0 Å². The molecular weight excluding hydrogens is 172 g/mol. The lowest BCUT2D eigenvalue weighted by atomic mass is 10.3. The lowest BCUT2D eigenvalue weighted by Gasteiger charge is -3.02. The first-order valence-corrected chi connectivity index (χ1v) is 11.0. The van der Waals surface area contributed by atoms with Crippen molar-refractivity contribution in [1.29, 1.82) is 0 Å². The van der Waals surface area contributed by atoms with Crippen LogP contribution >= 0.6 is 29.8 Å². The second-order valence-electron chi connectivity index (χ2n) is 3.21. The van der Waals surface area contributed by atoms with Crippen LogP contribution < -0.4 is 0 Å². The Morgan fingerprint density at radius 1 is 0.750 bits per heavy atom. The van der Waals surface area contributed by atoms with Crippen LogP contribution in [0.4, 0.5) is 0 Å². The molecule has 8 atom stereocenters. The lowest BCUT2D eigenvalue weighted by Crippen LogP contribution is -2.77. The normalized spacial score (nSPS) is 108. The summed E-state index contributed by atoms with van der Waals surface area (Å²) in [5.74, 6) is 0. The third kappa shape index (κ3) is 0.141. The molecule has 6 saturated heterocycles. The topological polar surface area (TPSA) is 0 Å². The Morgan fingerprint density at radius 2 is 1.25 bits per heavy atom. The molecule has 4 heteroatoms. The molecule has 0 bridgehead atoms. The first kappa shape index (κ1) is 3.93. The summed E-state index contributed by atoms with van der Waals surface area (Å²) in [6.07, 6.45) is 0. The van der Waals surface area contributed by atoms with Crippen molar-refractivity contribution in [2.45, 2.75) is 22.1 Å². The largest absolute Gasteiger partial charge is 0.0617 e. The molecule has 6 heterocycles. The Bertz CT molecular complexity index is 118. The molecule has 8 unspecified atom stereocenters. The highest BCUT2D eigenvalue weighted by atomic mass is 32.7. The van der Waals surface area contributed by atoms with Crippen LogP contribution in [0, 0.1) is 0 Å². The summed E-state index contributed by atoms with van der Waals surface area (Å²) < 4.78 is 0. The molecule has 0 saturated carbocycles. The SMILES string of the molecule is C12C3C4P1P1C2P3P41. The van der Waals surface area contributed by atoms with Crippen molar-refractivity contribution in [3.8, 4) is 0 Å². The van der Waals surface area contributed by atoms with Crippen LogP contribution in [0.15, 0.2) is 0 Å². The van der Waals surface area contributed by atoms with Gasteiger partial charge in [0.25, 0.3) is 0 Å². The molecule has 0 aromatic carbocycles. The maximum atomic E-state index is 1.52. The Hall–Kier alpha value is 1.72. The van der Waals surface area contributed by atoms with Gasteiger partial charge in [-0.15, -0.1) is 0 Å². The predicted octanol–water partition coefficient (Wildman–Crippen LogP) is 3.12. The molecule has 8 heavy (non-hydrogen) atoms. The van der Waals surface area contributed by atoms with E-state index in [1.807, 2.05) is 0 Å². The highest BCUT2D eigenvalue weighted by Crippen LogP contribution is 3.43. The molecule has 0 aromatic heterocycles. The van der Waals surface area contributed by atoms with Crippen molar-refractivity contribution < 1.29 is 0 Å². The lowest BCUT2D eigenvalue weighted by molar-refractivity contribution is 0.684. The molecule has 0 N–H and O–H groups in total. The van der Waals surface area contributed by atoms with Crippen molar-refractivity contribution in [3.63, 3.8) is 0 Å². The van der Waals surface area contributed by atoms with Crippen LogP contribution in [0.3, 0.4) is 0 Å². The summed E-state index contributed by atoms with van der Waals surface area (Å²) in [4.78, 5) is 0. The van der Waals surface area contributed by atoms with Crippen LogP contribution in [-0.4, -0.2) is 22.1 Å². The highest BCUT2D eigenvalue weighted by molar-refractivity contribution is 8.97. The Labute approximate surface area is 52.5 Å². The minimum atomic E-state index is 0.887. The van der Waals surface area contributed by atoms with Crippen molar-refractivity contribution in [3.05, 3.63) is 0 Å². The molecule has 6 aliphatic heterocycles. The minimum Gasteiger partial charge on any atom is -0.0617 e. The van der Waals surface area contributed by atoms with Crippen molar-refractivity contribution in [2.75, 3.05) is 0 Å². The van der Waals surface area contributed by atoms with E-state index in [1.54, 1.807) is 0 Å². The van der Waals surface area contributed by atoms with E-state index in [2.05, 4.69) is 0 Å². The van der Waals surface area contributed by atoms with Crippen molar-refractivity contribution in [1.82, 2.24) is 0 Å².